The van der Waals surface area contributed by atoms with E-state index in [0.717, 1.165) is 17.7 Å². The summed E-state index contributed by atoms with van der Waals surface area (Å²) in [5.41, 5.74) is 2.14. The molecule has 0 aromatic heterocycles. The summed E-state index contributed by atoms with van der Waals surface area (Å²) in [7, 11) is -3.73. The normalized spacial score (nSPS) is 14.8. The second kappa shape index (κ2) is 7.09. The number of sulfonamides is 1. The molecule has 0 bridgehead atoms. The lowest BCUT2D eigenvalue weighted by atomic mass is 10.1. The second-order valence-corrected chi connectivity index (χ2v) is 9.25. The van der Waals surface area contributed by atoms with E-state index in [4.69, 9.17) is 0 Å². The van der Waals surface area contributed by atoms with Crippen LogP contribution in [0.5, 0.6) is 0 Å². The van der Waals surface area contributed by atoms with E-state index in [9.17, 15) is 13.2 Å². The van der Waals surface area contributed by atoms with Gasteiger partial charge in [-0.05, 0) is 71.2 Å². The van der Waals surface area contributed by atoms with E-state index >= 15 is 0 Å². The predicted molar refractivity (Wildman–Crippen MR) is 105 cm³/mol. The molecular formula is C17H16Br2N2O3S. The van der Waals surface area contributed by atoms with E-state index in [2.05, 4.69) is 36.6 Å². The summed E-state index contributed by atoms with van der Waals surface area (Å²) >= 11 is 6.56. The minimum atomic E-state index is -3.73. The Labute approximate surface area is 163 Å². The maximum absolute atomic E-state index is 12.7. The van der Waals surface area contributed by atoms with E-state index < -0.39 is 10.0 Å². The Hall–Kier alpha value is -1.38. The van der Waals surface area contributed by atoms with Crippen LogP contribution in [0.15, 0.2) is 50.2 Å². The summed E-state index contributed by atoms with van der Waals surface area (Å²) in [5.74, 6) is 0.106. The smallest absolute Gasteiger partial charge is 0.263 e. The zero-order valence-corrected chi connectivity index (χ0v) is 17.4. The molecule has 2 aromatic carbocycles. The average Bonchev–Trinajstić information content (AvgIpc) is 2.95. The van der Waals surface area contributed by atoms with Crippen LogP contribution < -0.4 is 9.62 Å². The highest BCUT2D eigenvalue weighted by atomic mass is 79.9. The lowest BCUT2D eigenvalue weighted by Crippen LogP contribution is -2.24. The zero-order chi connectivity index (χ0) is 18.2. The molecule has 0 aliphatic carbocycles. The van der Waals surface area contributed by atoms with Crippen molar-refractivity contribution in [2.75, 3.05) is 16.2 Å². The number of nitrogens with zero attached hydrogens (tertiary/aromatic N) is 1. The molecule has 1 saturated heterocycles. The van der Waals surface area contributed by atoms with Crippen LogP contribution in [0.3, 0.4) is 0 Å². The van der Waals surface area contributed by atoms with Crippen LogP contribution in [0, 0.1) is 6.92 Å². The number of hydrogen-bond acceptors (Lipinski definition) is 3. The molecule has 2 aromatic rings. The summed E-state index contributed by atoms with van der Waals surface area (Å²) in [5, 5.41) is 0. The minimum Gasteiger partial charge on any atom is -0.312 e. The van der Waals surface area contributed by atoms with E-state index in [1.54, 1.807) is 35.2 Å². The van der Waals surface area contributed by atoms with Gasteiger partial charge in [-0.1, -0.05) is 15.9 Å². The molecule has 0 radical (unpaired) electrons. The number of nitrogens with one attached hydrogen (secondary N) is 1. The molecule has 1 N–H and O–H groups in total. The molecule has 5 nitrogen and oxygen atoms in total. The number of benzene rings is 2. The van der Waals surface area contributed by atoms with Crippen LogP contribution >= 0.6 is 31.9 Å². The van der Waals surface area contributed by atoms with E-state index in [-0.39, 0.29) is 10.8 Å². The number of rotatable bonds is 4. The van der Waals surface area contributed by atoms with Crippen molar-refractivity contribution in [3.05, 3.63) is 50.9 Å². The van der Waals surface area contributed by atoms with Crippen LogP contribution in [-0.4, -0.2) is 20.9 Å². The average molecular weight is 488 g/mol. The highest BCUT2D eigenvalue weighted by molar-refractivity contribution is 9.11. The SMILES string of the molecule is Cc1cc(NS(=O)(=O)c2cc(Br)ccc2Br)ccc1N1CCCC1=O. The van der Waals surface area contributed by atoms with Gasteiger partial charge in [-0.2, -0.15) is 0 Å². The molecule has 0 unspecified atom stereocenters. The number of aryl methyl sites for hydroxylation is 1. The molecule has 1 amide bonds. The van der Waals surface area contributed by atoms with Gasteiger partial charge in [0, 0.05) is 33.3 Å². The Morgan fingerprint density at radius 3 is 2.52 bits per heavy atom. The van der Waals surface area contributed by atoms with Crippen LogP contribution in [0.1, 0.15) is 18.4 Å². The third-order valence-electron chi connectivity index (χ3n) is 4.00. The quantitative estimate of drug-likeness (QED) is 0.692. The summed E-state index contributed by atoms with van der Waals surface area (Å²) in [6, 6.07) is 10.2. The maximum atomic E-state index is 12.7. The predicted octanol–water partition coefficient (Wildman–Crippen LogP) is 4.45. The Balaban J connectivity index is 1.89. The number of hydrogen-bond donors (Lipinski definition) is 1. The fraction of sp³-hybridized carbons (Fsp3) is 0.235. The number of anilines is 2. The second-order valence-electron chi connectivity index (χ2n) is 5.83. The van der Waals surface area contributed by atoms with Crippen molar-refractivity contribution in [1.82, 2.24) is 0 Å². The minimum absolute atomic E-state index is 0.106. The van der Waals surface area contributed by atoms with E-state index in [1.807, 2.05) is 6.92 Å². The number of carbonyl (C=O) groups excluding carboxylic acids is 1. The third kappa shape index (κ3) is 3.91. The zero-order valence-electron chi connectivity index (χ0n) is 13.4. The van der Waals surface area contributed by atoms with Gasteiger partial charge in [0.1, 0.15) is 4.90 Å². The van der Waals surface area contributed by atoms with Gasteiger partial charge in [0.05, 0.1) is 0 Å². The topological polar surface area (TPSA) is 66.5 Å². The Morgan fingerprint density at radius 1 is 1.12 bits per heavy atom. The molecule has 132 valence electrons. The summed E-state index contributed by atoms with van der Waals surface area (Å²) < 4.78 is 29.1. The first-order valence-electron chi connectivity index (χ1n) is 7.67. The van der Waals surface area contributed by atoms with Crippen LogP contribution in [0.4, 0.5) is 11.4 Å². The molecule has 8 heteroatoms. The summed E-state index contributed by atoms with van der Waals surface area (Å²) in [4.78, 5) is 13.8. The van der Waals surface area contributed by atoms with E-state index in [0.29, 0.717) is 27.6 Å². The van der Waals surface area contributed by atoms with Crippen molar-refractivity contribution in [3.63, 3.8) is 0 Å². The maximum Gasteiger partial charge on any atom is 0.263 e. The molecule has 0 saturated carbocycles. The summed E-state index contributed by atoms with van der Waals surface area (Å²) in [6.07, 6.45) is 1.41. The van der Waals surface area contributed by atoms with Crippen LogP contribution in [0.2, 0.25) is 0 Å². The first-order valence-corrected chi connectivity index (χ1v) is 10.7. The van der Waals surface area contributed by atoms with Gasteiger partial charge in [-0.25, -0.2) is 8.42 Å². The largest absolute Gasteiger partial charge is 0.312 e. The lowest BCUT2D eigenvalue weighted by Gasteiger charge is -2.19. The molecule has 0 spiro atoms. The standard InChI is InChI=1S/C17H16Br2N2O3S/c1-11-9-13(5-7-15(11)21-8-2-3-17(21)22)20-25(23,24)16-10-12(18)4-6-14(16)19/h4-7,9-10,20H,2-3,8H2,1H3. The van der Waals surface area contributed by atoms with Crippen molar-refractivity contribution in [2.45, 2.75) is 24.7 Å². The van der Waals surface area contributed by atoms with Gasteiger partial charge in [0.2, 0.25) is 5.91 Å². The van der Waals surface area contributed by atoms with Gasteiger partial charge in [0.15, 0.2) is 0 Å². The summed E-state index contributed by atoms with van der Waals surface area (Å²) in [6.45, 7) is 2.57. The molecule has 1 heterocycles. The molecule has 25 heavy (non-hydrogen) atoms. The highest BCUT2D eigenvalue weighted by Crippen LogP contribution is 2.30. The van der Waals surface area contributed by atoms with Crippen molar-refractivity contribution in [1.29, 1.82) is 0 Å². The van der Waals surface area contributed by atoms with Gasteiger partial charge in [-0.3, -0.25) is 9.52 Å². The number of amides is 1. The first-order chi connectivity index (χ1) is 11.8. The lowest BCUT2D eigenvalue weighted by molar-refractivity contribution is -0.117. The fourth-order valence-electron chi connectivity index (χ4n) is 2.82. The monoisotopic (exact) mass is 486 g/mol. The van der Waals surface area contributed by atoms with Gasteiger partial charge in [-0.15, -0.1) is 0 Å². The molecule has 1 aliphatic rings. The van der Waals surface area contributed by atoms with Crippen LogP contribution in [-0.2, 0) is 14.8 Å². The molecule has 3 rings (SSSR count). The van der Waals surface area contributed by atoms with E-state index in [1.165, 1.54) is 6.07 Å². The number of carbonyl (C=O) groups is 1. The van der Waals surface area contributed by atoms with Crippen molar-refractivity contribution < 1.29 is 13.2 Å². The first kappa shape index (κ1) is 18.4. The van der Waals surface area contributed by atoms with Crippen molar-refractivity contribution >= 4 is 59.2 Å². The Morgan fingerprint density at radius 2 is 1.88 bits per heavy atom. The fourth-order valence-corrected chi connectivity index (χ4v) is 5.37. The highest BCUT2D eigenvalue weighted by Gasteiger charge is 2.24. The van der Waals surface area contributed by atoms with Crippen LogP contribution in [0.25, 0.3) is 0 Å². The Bertz CT molecular complexity index is 945. The third-order valence-corrected chi connectivity index (χ3v) is 6.86. The van der Waals surface area contributed by atoms with Crippen molar-refractivity contribution in [2.24, 2.45) is 0 Å². The van der Waals surface area contributed by atoms with Gasteiger partial charge < -0.3 is 4.90 Å². The molecular weight excluding hydrogens is 472 g/mol. The number of halogens is 2. The molecule has 0 atom stereocenters. The Kier molecular flexibility index (Phi) is 5.22. The van der Waals surface area contributed by atoms with Gasteiger partial charge >= 0.3 is 0 Å². The van der Waals surface area contributed by atoms with Gasteiger partial charge in [0.25, 0.3) is 10.0 Å². The molecule has 1 fully saturated rings. The molecule has 1 aliphatic heterocycles. The van der Waals surface area contributed by atoms with Crippen molar-refractivity contribution in [3.8, 4) is 0 Å².